The summed E-state index contributed by atoms with van der Waals surface area (Å²) in [5, 5.41) is 1.62. The number of rotatable bonds is 1. The van der Waals surface area contributed by atoms with Crippen LogP contribution in [0.4, 0.5) is 10.1 Å². The third-order valence-corrected chi connectivity index (χ3v) is 2.12. The minimum Gasteiger partial charge on any atom is -0.496 e. The second kappa shape index (κ2) is 3.18. The van der Waals surface area contributed by atoms with E-state index in [1.807, 2.05) is 0 Å². The minimum atomic E-state index is -0.277. The summed E-state index contributed by atoms with van der Waals surface area (Å²) >= 11 is 0. The third kappa shape index (κ3) is 1.37. The van der Waals surface area contributed by atoms with Crippen molar-refractivity contribution in [3.05, 3.63) is 36.1 Å². The van der Waals surface area contributed by atoms with Gasteiger partial charge in [0.2, 0.25) is 0 Å². The summed E-state index contributed by atoms with van der Waals surface area (Å²) < 4.78 is 18.1. The van der Waals surface area contributed by atoms with Gasteiger partial charge >= 0.3 is 0 Å². The highest BCUT2D eigenvalue weighted by atomic mass is 19.1. The van der Waals surface area contributed by atoms with Crippen LogP contribution in [0.2, 0.25) is 0 Å². The van der Waals surface area contributed by atoms with Gasteiger partial charge in [0.15, 0.2) is 0 Å². The first-order chi connectivity index (χ1) is 6.70. The highest BCUT2D eigenvalue weighted by Crippen LogP contribution is 2.28. The molecule has 0 aromatic heterocycles. The highest BCUT2D eigenvalue weighted by Gasteiger charge is 2.03. The summed E-state index contributed by atoms with van der Waals surface area (Å²) in [6.07, 6.45) is 0. The van der Waals surface area contributed by atoms with E-state index < -0.39 is 0 Å². The van der Waals surface area contributed by atoms with Crippen LogP contribution in [-0.4, -0.2) is 7.11 Å². The zero-order valence-electron chi connectivity index (χ0n) is 7.75. The van der Waals surface area contributed by atoms with Crippen molar-refractivity contribution in [2.75, 3.05) is 12.8 Å². The number of fused-ring (bicyclic) bond motifs is 1. The third-order valence-electron chi connectivity index (χ3n) is 2.12. The van der Waals surface area contributed by atoms with Crippen LogP contribution in [0.1, 0.15) is 0 Å². The van der Waals surface area contributed by atoms with E-state index in [1.165, 1.54) is 12.1 Å². The first-order valence-corrected chi connectivity index (χ1v) is 4.23. The van der Waals surface area contributed by atoms with Crippen molar-refractivity contribution >= 4 is 16.5 Å². The molecule has 0 atom stereocenters. The van der Waals surface area contributed by atoms with Crippen molar-refractivity contribution < 1.29 is 9.13 Å². The Morgan fingerprint density at radius 3 is 2.71 bits per heavy atom. The molecular formula is C11H10FNO. The molecule has 2 nitrogen and oxygen atoms in total. The van der Waals surface area contributed by atoms with Gasteiger partial charge in [0.25, 0.3) is 0 Å². The second-order valence-electron chi connectivity index (χ2n) is 3.09. The fourth-order valence-corrected chi connectivity index (χ4v) is 1.49. The standard InChI is InChI=1S/C11H10FNO/c1-14-11-6-9(13)4-7-2-3-8(12)5-10(7)11/h2-6H,13H2,1H3. The van der Waals surface area contributed by atoms with Gasteiger partial charge in [-0.25, -0.2) is 4.39 Å². The molecule has 3 heteroatoms. The van der Waals surface area contributed by atoms with Crippen molar-refractivity contribution in [2.24, 2.45) is 0 Å². The smallest absolute Gasteiger partial charge is 0.128 e. The molecule has 0 fully saturated rings. The van der Waals surface area contributed by atoms with Crippen LogP contribution in [0.3, 0.4) is 0 Å². The summed E-state index contributed by atoms with van der Waals surface area (Å²) in [5.41, 5.74) is 6.28. The average molecular weight is 191 g/mol. The molecule has 0 bridgehead atoms. The van der Waals surface area contributed by atoms with Gasteiger partial charge in [-0.3, -0.25) is 0 Å². The number of ether oxygens (including phenoxy) is 1. The Kier molecular flexibility index (Phi) is 2.00. The molecule has 0 aliphatic heterocycles. The SMILES string of the molecule is COc1cc(N)cc2ccc(F)cc12. The molecule has 0 aliphatic carbocycles. The lowest BCUT2D eigenvalue weighted by Gasteiger charge is -2.06. The summed E-state index contributed by atoms with van der Waals surface area (Å²) in [7, 11) is 1.54. The van der Waals surface area contributed by atoms with E-state index in [4.69, 9.17) is 10.5 Å². The lowest BCUT2D eigenvalue weighted by Crippen LogP contribution is -1.90. The lowest BCUT2D eigenvalue weighted by molar-refractivity contribution is 0.420. The van der Waals surface area contributed by atoms with Crippen molar-refractivity contribution in [3.63, 3.8) is 0 Å². The number of hydrogen-bond donors (Lipinski definition) is 1. The van der Waals surface area contributed by atoms with Crippen LogP contribution < -0.4 is 10.5 Å². The van der Waals surface area contributed by atoms with Crippen LogP contribution in [0.15, 0.2) is 30.3 Å². The van der Waals surface area contributed by atoms with Crippen molar-refractivity contribution in [1.29, 1.82) is 0 Å². The fraction of sp³-hybridized carbons (Fsp3) is 0.0909. The Bertz CT molecular complexity index is 482. The topological polar surface area (TPSA) is 35.2 Å². The average Bonchev–Trinajstić information content (AvgIpc) is 2.17. The summed E-state index contributed by atoms with van der Waals surface area (Å²) in [5.74, 6) is 0.320. The second-order valence-corrected chi connectivity index (χ2v) is 3.09. The molecule has 72 valence electrons. The first-order valence-electron chi connectivity index (χ1n) is 4.23. The molecule has 0 unspecified atom stereocenters. The molecule has 2 aromatic rings. The molecule has 0 saturated heterocycles. The van der Waals surface area contributed by atoms with E-state index in [0.717, 1.165) is 10.8 Å². The molecule has 2 rings (SSSR count). The summed E-state index contributed by atoms with van der Waals surface area (Å²) in [6.45, 7) is 0. The Morgan fingerprint density at radius 2 is 2.00 bits per heavy atom. The zero-order chi connectivity index (χ0) is 10.1. The Balaban J connectivity index is 2.81. The molecule has 2 aromatic carbocycles. The molecule has 14 heavy (non-hydrogen) atoms. The lowest BCUT2D eigenvalue weighted by atomic mass is 10.1. The van der Waals surface area contributed by atoms with Gasteiger partial charge in [-0.05, 0) is 23.6 Å². The molecule has 0 saturated carbocycles. The normalized spacial score (nSPS) is 10.4. The van der Waals surface area contributed by atoms with E-state index in [1.54, 1.807) is 25.3 Å². The van der Waals surface area contributed by atoms with Crippen molar-refractivity contribution in [3.8, 4) is 5.75 Å². The van der Waals surface area contributed by atoms with Crippen LogP contribution in [0.5, 0.6) is 5.75 Å². The summed E-state index contributed by atoms with van der Waals surface area (Å²) in [4.78, 5) is 0. The maximum atomic E-state index is 13.0. The van der Waals surface area contributed by atoms with E-state index in [9.17, 15) is 4.39 Å². The van der Waals surface area contributed by atoms with Crippen molar-refractivity contribution in [2.45, 2.75) is 0 Å². The largest absolute Gasteiger partial charge is 0.496 e. The van der Waals surface area contributed by atoms with E-state index in [2.05, 4.69) is 0 Å². The van der Waals surface area contributed by atoms with Crippen molar-refractivity contribution in [1.82, 2.24) is 0 Å². The molecule has 0 spiro atoms. The Labute approximate surface area is 81.1 Å². The number of methoxy groups -OCH3 is 1. The minimum absolute atomic E-state index is 0.277. The zero-order valence-corrected chi connectivity index (χ0v) is 7.75. The molecule has 2 N–H and O–H groups in total. The molecular weight excluding hydrogens is 181 g/mol. The van der Waals surface area contributed by atoms with Gasteiger partial charge in [-0.2, -0.15) is 0 Å². The van der Waals surface area contributed by atoms with Gasteiger partial charge in [0.05, 0.1) is 7.11 Å². The van der Waals surface area contributed by atoms with E-state index in [-0.39, 0.29) is 5.82 Å². The highest BCUT2D eigenvalue weighted by molar-refractivity contribution is 5.91. The Morgan fingerprint density at radius 1 is 1.21 bits per heavy atom. The van der Waals surface area contributed by atoms with Gasteiger partial charge in [0.1, 0.15) is 11.6 Å². The van der Waals surface area contributed by atoms with Crippen LogP contribution in [0.25, 0.3) is 10.8 Å². The first kappa shape index (κ1) is 8.81. The van der Waals surface area contributed by atoms with Gasteiger partial charge in [-0.15, -0.1) is 0 Å². The Hall–Kier alpha value is -1.77. The number of nitrogen functional groups attached to an aromatic ring is 1. The molecule has 0 radical (unpaired) electrons. The monoisotopic (exact) mass is 191 g/mol. The number of anilines is 1. The maximum Gasteiger partial charge on any atom is 0.128 e. The number of hydrogen-bond acceptors (Lipinski definition) is 2. The van der Waals surface area contributed by atoms with E-state index in [0.29, 0.717) is 11.4 Å². The molecule has 0 amide bonds. The predicted octanol–water partition coefficient (Wildman–Crippen LogP) is 2.57. The van der Waals surface area contributed by atoms with Gasteiger partial charge in [-0.1, -0.05) is 6.07 Å². The number of benzene rings is 2. The fourth-order valence-electron chi connectivity index (χ4n) is 1.49. The van der Waals surface area contributed by atoms with Crippen LogP contribution >= 0.6 is 0 Å². The van der Waals surface area contributed by atoms with Gasteiger partial charge in [0, 0.05) is 17.1 Å². The quantitative estimate of drug-likeness (QED) is 0.703. The maximum absolute atomic E-state index is 13.0. The molecule has 0 aliphatic rings. The van der Waals surface area contributed by atoms with Gasteiger partial charge < -0.3 is 10.5 Å². The summed E-state index contributed by atoms with van der Waals surface area (Å²) in [6, 6.07) is 8.00. The van der Waals surface area contributed by atoms with Crippen LogP contribution in [0, 0.1) is 5.82 Å². The van der Waals surface area contributed by atoms with Crippen LogP contribution in [-0.2, 0) is 0 Å². The predicted molar refractivity (Wildman–Crippen MR) is 54.9 cm³/mol. The molecule has 0 heterocycles. The number of halogens is 1. The number of nitrogens with two attached hydrogens (primary N) is 1. The van der Waals surface area contributed by atoms with E-state index >= 15 is 0 Å².